The maximum Gasteiger partial charge on any atom is 0.326 e. The lowest BCUT2D eigenvalue weighted by atomic mass is 10.0. The van der Waals surface area contributed by atoms with E-state index >= 15 is 0 Å². The van der Waals surface area contributed by atoms with E-state index in [1.807, 2.05) is 0 Å². The number of carbonyl (C=O) groups is 4. The smallest absolute Gasteiger partial charge is 0.326 e. The first kappa shape index (κ1) is 35.8. The number of hydrogen-bond acceptors (Lipinski definition) is 8. The lowest BCUT2D eigenvalue weighted by Crippen LogP contribution is -2.58. The van der Waals surface area contributed by atoms with Gasteiger partial charge in [-0.25, -0.2) is 4.79 Å². The summed E-state index contributed by atoms with van der Waals surface area (Å²) in [5.41, 5.74) is 18.9. The molecule has 0 radical (unpaired) electrons. The topological polar surface area (TPSA) is 255 Å². The number of carbonyl (C=O) groups excluding carboxylic acids is 3. The third-order valence-corrected chi connectivity index (χ3v) is 7.21. The van der Waals surface area contributed by atoms with Gasteiger partial charge < -0.3 is 48.5 Å². The van der Waals surface area contributed by atoms with Crippen molar-refractivity contribution in [3.05, 3.63) is 95.6 Å². The van der Waals surface area contributed by atoms with E-state index < -0.39 is 47.9 Å². The van der Waals surface area contributed by atoms with Crippen molar-refractivity contribution in [2.75, 3.05) is 6.54 Å². The number of carboxylic acid groups (broad SMARTS) is 1. The molecule has 0 aliphatic heterocycles. The van der Waals surface area contributed by atoms with Crippen LogP contribution in [0.2, 0.25) is 0 Å². The zero-order valence-corrected chi connectivity index (χ0v) is 25.7. The van der Waals surface area contributed by atoms with Gasteiger partial charge in [-0.1, -0.05) is 54.6 Å². The minimum absolute atomic E-state index is 0.000200. The van der Waals surface area contributed by atoms with Crippen molar-refractivity contribution in [3.8, 4) is 11.5 Å². The lowest BCUT2D eigenvalue weighted by molar-refractivity contribution is -0.142. The van der Waals surface area contributed by atoms with Crippen molar-refractivity contribution >= 4 is 29.7 Å². The van der Waals surface area contributed by atoms with Crippen LogP contribution in [0.3, 0.4) is 0 Å². The van der Waals surface area contributed by atoms with Crippen molar-refractivity contribution in [2.45, 2.75) is 56.3 Å². The van der Waals surface area contributed by atoms with Crippen LogP contribution in [0.5, 0.6) is 11.5 Å². The lowest BCUT2D eigenvalue weighted by Gasteiger charge is -2.25. The van der Waals surface area contributed by atoms with Crippen LogP contribution in [-0.2, 0) is 38.4 Å². The van der Waals surface area contributed by atoms with Gasteiger partial charge >= 0.3 is 5.97 Å². The fourth-order valence-corrected chi connectivity index (χ4v) is 4.70. The molecule has 0 fully saturated rings. The third kappa shape index (κ3) is 12.4. The minimum atomic E-state index is -1.29. The normalized spacial score (nSPS) is 13.3. The molecule has 0 bridgehead atoms. The summed E-state index contributed by atoms with van der Waals surface area (Å²) in [6.07, 6.45) is 0.448. The molecule has 250 valence electrons. The molecule has 3 amide bonds. The number of amides is 3. The number of phenolic OH excluding ortho intramolecular Hbond substituents is 2. The van der Waals surface area contributed by atoms with Crippen LogP contribution in [0.25, 0.3) is 0 Å². The molecule has 0 saturated heterocycles. The Bertz CT molecular complexity index is 1510. The van der Waals surface area contributed by atoms with Gasteiger partial charge in [-0.3, -0.25) is 19.4 Å². The van der Waals surface area contributed by atoms with Crippen LogP contribution in [0.4, 0.5) is 0 Å². The van der Waals surface area contributed by atoms with Crippen molar-refractivity contribution in [1.29, 1.82) is 0 Å². The summed E-state index contributed by atoms with van der Waals surface area (Å²) in [6, 6.07) is 16.2. The highest BCUT2D eigenvalue weighted by molar-refractivity contribution is 5.94. The monoisotopic (exact) mass is 647 g/mol. The molecule has 14 heteroatoms. The molecule has 4 unspecified atom stereocenters. The Morgan fingerprint density at radius 2 is 1.11 bits per heavy atom. The number of aliphatic carboxylic acids is 1. The van der Waals surface area contributed by atoms with E-state index in [1.54, 1.807) is 54.6 Å². The largest absolute Gasteiger partial charge is 0.508 e. The van der Waals surface area contributed by atoms with E-state index in [0.29, 0.717) is 16.7 Å². The highest BCUT2D eigenvalue weighted by atomic mass is 16.4. The molecule has 0 aliphatic carbocycles. The predicted octanol–water partition coefficient (Wildman–Crippen LogP) is 0.0456. The molecule has 47 heavy (non-hydrogen) atoms. The maximum absolute atomic E-state index is 13.7. The molecule has 14 nitrogen and oxygen atoms in total. The number of nitrogens with one attached hydrogen (secondary N) is 3. The molecule has 0 saturated carbocycles. The molecule has 4 atom stereocenters. The predicted molar refractivity (Wildman–Crippen MR) is 175 cm³/mol. The van der Waals surface area contributed by atoms with Crippen LogP contribution >= 0.6 is 0 Å². The number of nitrogens with zero attached hydrogens (tertiary/aromatic N) is 1. The van der Waals surface area contributed by atoms with Gasteiger partial charge in [0.25, 0.3) is 0 Å². The van der Waals surface area contributed by atoms with E-state index in [2.05, 4.69) is 20.9 Å². The van der Waals surface area contributed by atoms with Gasteiger partial charge in [0.15, 0.2) is 5.96 Å². The van der Waals surface area contributed by atoms with Crippen LogP contribution in [0, 0.1) is 0 Å². The quantitative estimate of drug-likeness (QED) is 0.0540. The van der Waals surface area contributed by atoms with Crippen molar-refractivity contribution in [1.82, 2.24) is 16.0 Å². The number of aromatic hydroxyl groups is 2. The second-order valence-electron chi connectivity index (χ2n) is 11.0. The molecule has 0 aromatic heterocycles. The van der Waals surface area contributed by atoms with E-state index in [9.17, 15) is 34.5 Å². The molecule has 3 rings (SSSR count). The number of phenols is 2. The summed E-state index contributed by atoms with van der Waals surface area (Å²) in [6.45, 7) is 0.165. The van der Waals surface area contributed by atoms with Crippen LogP contribution < -0.4 is 33.2 Å². The first-order valence-electron chi connectivity index (χ1n) is 15.0. The summed E-state index contributed by atoms with van der Waals surface area (Å²) in [4.78, 5) is 56.3. The van der Waals surface area contributed by atoms with Gasteiger partial charge in [-0.2, -0.15) is 0 Å². The Hall–Kier alpha value is -5.63. The van der Waals surface area contributed by atoms with Gasteiger partial charge in [0, 0.05) is 19.4 Å². The summed E-state index contributed by atoms with van der Waals surface area (Å²) in [5, 5.41) is 36.9. The van der Waals surface area contributed by atoms with E-state index in [4.69, 9.17) is 17.2 Å². The SMILES string of the molecule is NC(N)=NCCCC(NC(=O)C(N)Cc1ccc(O)cc1)C(=O)NC(Cc1ccc(O)cc1)C(=O)NC(Cc1ccccc1)C(=O)O. The number of aliphatic imine (C=N–C) groups is 1. The summed E-state index contributed by atoms with van der Waals surface area (Å²) in [5.74, 6) is -3.44. The summed E-state index contributed by atoms with van der Waals surface area (Å²) in [7, 11) is 0. The highest BCUT2D eigenvalue weighted by Gasteiger charge is 2.30. The number of hydrogen-bond donors (Lipinski definition) is 9. The zero-order chi connectivity index (χ0) is 34.3. The zero-order valence-electron chi connectivity index (χ0n) is 25.7. The Balaban J connectivity index is 1.80. The van der Waals surface area contributed by atoms with E-state index in [-0.39, 0.29) is 56.1 Å². The maximum atomic E-state index is 13.7. The Labute approximate surface area is 272 Å². The van der Waals surface area contributed by atoms with Crippen LogP contribution in [0.1, 0.15) is 29.5 Å². The molecule has 0 aliphatic rings. The van der Waals surface area contributed by atoms with Crippen LogP contribution in [0.15, 0.2) is 83.9 Å². The number of benzene rings is 3. The highest BCUT2D eigenvalue weighted by Crippen LogP contribution is 2.14. The van der Waals surface area contributed by atoms with Crippen molar-refractivity contribution in [2.24, 2.45) is 22.2 Å². The summed E-state index contributed by atoms with van der Waals surface area (Å²) >= 11 is 0. The Morgan fingerprint density at radius 1 is 0.638 bits per heavy atom. The fourth-order valence-electron chi connectivity index (χ4n) is 4.70. The van der Waals surface area contributed by atoms with Gasteiger partial charge in [-0.05, 0) is 60.2 Å². The second-order valence-corrected chi connectivity index (χ2v) is 11.0. The first-order chi connectivity index (χ1) is 22.4. The van der Waals surface area contributed by atoms with Crippen molar-refractivity contribution in [3.63, 3.8) is 0 Å². The first-order valence-corrected chi connectivity index (χ1v) is 15.0. The van der Waals surface area contributed by atoms with Gasteiger partial charge in [0.1, 0.15) is 29.6 Å². The molecule has 3 aromatic rings. The van der Waals surface area contributed by atoms with Gasteiger partial charge in [0.2, 0.25) is 17.7 Å². The second kappa shape index (κ2) is 17.8. The molecule has 3 aromatic carbocycles. The molecular formula is C33H41N7O7. The Kier molecular flexibility index (Phi) is 13.5. The summed E-state index contributed by atoms with van der Waals surface area (Å²) < 4.78 is 0. The van der Waals surface area contributed by atoms with Crippen molar-refractivity contribution < 1.29 is 34.5 Å². The van der Waals surface area contributed by atoms with Crippen LogP contribution in [-0.4, -0.2) is 75.7 Å². The number of guanidine groups is 1. The van der Waals surface area contributed by atoms with Gasteiger partial charge in [0.05, 0.1) is 6.04 Å². The number of nitrogens with two attached hydrogens (primary N) is 3. The number of rotatable bonds is 17. The average molecular weight is 648 g/mol. The van der Waals surface area contributed by atoms with E-state index in [1.165, 1.54) is 24.3 Å². The molecule has 12 N–H and O–H groups in total. The van der Waals surface area contributed by atoms with E-state index in [0.717, 1.165) is 0 Å². The third-order valence-electron chi connectivity index (χ3n) is 7.21. The molecular weight excluding hydrogens is 606 g/mol. The molecule has 0 heterocycles. The number of carboxylic acids is 1. The Morgan fingerprint density at radius 3 is 1.66 bits per heavy atom. The minimum Gasteiger partial charge on any atom is -0.508 e. The van der Waals surface area contributed by atoms with Gasteiger partial charge in [-0.15, -0.1) is 0 Å². The fraction of sp³-hybridized carbons (Fsp3) is 0.303. The molecule has 0 spiro atoms. The standard InChI is InChI=1S/C33H41N7O7/c34-25(17-21-8-12-23(41)13-9-21)29(43)38-26(7-4-16-37-33(35)36)30(44)39-27(18-22-10-14-24(42)15-11-22)31(45)40-28(32(46)47)19-20-5-2-1-3-6-20/h1-3,5-6,8-15,25-28,41-42H,4,7,16-19,34H2,(H,38,43)(H,39,44)(H,40,45)(H,46,47)(H4,35,36,37). The average Bonchev–Trinajstić information content (AvgIpc) is 3.04.